The van der Waals surface area contributed by atoms with Crippen LogP contribution >= 0.6 is 12.4 Å². The molecule has 1 aliphatic heterocycles. The molecular weight excluding hydrogens is 236 g/mol. The zero-order valence-electron chi connectivity index (χ0n) is 10.0. The zero-order valence-corrected chi connectivity index (χ0v) is 10.8. The lowest BCUT2D eigenvalue weighted by Crippen LogP contribution is -2.28. The second-order valence-electron chi connectivity index (χ2n) is 4.35. The van der Waals surface area contributed by atoms with E-state index in [-0.39, 0.29) is 18.3 Å². The van der Waals surface area contributed by atoms with Crippen molar-refractivity contribution < 1.29 is 4.79 Å². The third kappa shape index (κ3) is 4.02. The minimum absolute atomic E-state index is 0. The van der Waals surface area contributed by atoms with Gasteiger partial charge in [-0.15, -0.1) is 12.4 Å². The normalized spacial score (nSPS) is 19.2. The summed E-state index contributed by atoms with van der Waals surface area (Å²) in [6.45, 7) is 3.71. The van der Waals surface area contributed by atoms with Crippen LogP contribution in [-0.4, -0.2) is 19.0 Å². The van der Waals surface area contributed by atoms with Crippen molar-refractivity contribution in [1.82, 2.24) is 5.32 Å². The molecule has 1 aliphatic rings. The molecular formula is C13H19ClN2O. The third-order valence-corrected chi connectivity index (χ3v) is 2.98. The predicted molar refractivity (Wildman–Crippen MR) is 72.8 cm³/mol. The molecule has 0 spiro atoms. The highest BCUT2D eigenvalue weighted by atomic mass is 35.5. The lowest BCUT2D eigenvalue weighted by Gasteiger charge is -2.23. The molecule has 1 aromatic rings. The second-order valence-corrected chi connectivity index (χ2v) is 4.35. The molecule has 1 heterocycles. The molecule has 1 atom stereocenters. The van der Waals surface area contributed by atoms with Crippen molar-refractivity contribution >= 4 is 24.0 Å². The molecule has 1 fully saturated rings. The van der Waals surface area contributed by atoms with E-state index in [4.69, 9.17) is 0 Å². The number of hydrogen-bond donors (Lipinski definition) is 2. The summed E-state index contributed by atoms with van der Waals surface area (Å²) in [5.41, 5.74) is 2.22. The topological polar surface area (TPSA) is 41.1 Å². The summed E-state index contributed by atoms with van der Waals surface area (Å²) in [5.74, 6) is 0.571. The van der Waals surface area contributed by atoms with Gasteiger partial charge in [0.2, 0.25) is 5.91 Å². The Kier molecular flexibility index (Phi) is 5.45. The number of carbonyl (C=O) groups excluding carboxylic acids is 1. The molecule has 0 saturated carbocycles. The Balaban J connectivity index is 0.00000144. The van der Waals surface area contributed by atoms with Crippen LogP contribution in [0.25, 0.3) is 0 Å². The number of piperidine rings is 1. The van der Waals surface area contributed by atoms with Crippen molar-refractivity contribution in [3.8, 4) is 0 Å². The van der Waals surface area contributed by atoms with Crippen molar-refractivity contribution in [3.05, 3.63) is 29.8 Å². The van der Waals surface area contributed by atoms with E-state index in [0.29, 0.717) is 5.92 Å². The molecule has 0 aromatic heterocycles. The molecule has 1 amide bonds. The number of amides is 1. The van der Waals surface area contributed by atoms with Gasteiger partial charge >= 0.3 is 0 Å². The lowest BCUT2D eigenvalue weighted by atomic mass is 9.91. The van der Waals surface area contributed by atoms with Crippen molar-refractivity contribution in [1.29, 1.82) is 0 Å². The van der Waals surface area contributed by atoms with E-state index in [2.05, 4.69) is 22.8 Å². The fraction of sp³-hybridized carbons (Fsp3) is 0.462. The maximum absolute atomic E-state index is 11.0. The molecule has 1 aromatic carbocycles. The summed E-state index contributed by atoms with van der Waals surface area (Å²) in [6.07, 6.45) is 2.46. The first kappa shape index (κ1) is 14.0. The molecule has 2 rings (SSSR count). The minimum Gasteiger partial charge on any atom is -0.326 e. The Hall–Kier alpha value is -1.06. The van der Waals surface area contributed by atoms with E-state index in [1.165, 1.54) is 25.3 Å². The van der Waals surface area contributed by atoms with Gasteiger partial charge in [-0.05, 0) is 43.0 Å². The van der Waals surface area contributed by atoms with E-state index in [1.807, 2.05) is 12.1 Å². The second kappa shape index (κ2) is 6.62. The van der Waals surface area contributed by atoms with E-state index in [1.54, 1.807) is 0 Å². The van der Waals surface area contributed by atoms with E-state index >= 15 is 0 Å². The summed E-state index contributed by atoms with van der Waals surface area (Å²) in [5, 5.41) is 6.23. The average molecular weight is 255 g/mol. The summed E-state index contributed by atoms with van der Waals surface area (Å²) in [7, 11) is 0. The summed E-state index contributed by atoms with van der Waals surface area (Å²) >= 11 is 0. The fourth-order valence-electron chi connectivity index (χ4n) is 2.21. The molecule has 0 radical (unpaired) electrons. The third-order valence-electron chi connectivity index (χ3n) is 2.98. The number of nitrogens with one attached hydrogen (secondary N) is 2. The summed E-state index contributed by atoms with van der Waals surface area (Å²) in [4.78, 5) is 11.0. The number of benzene rings is 1. The van der Waals surface area contributed by atoms with E-state index < -0.39 is 0 Å². The molecule has 0 bridgehead atoms. The molecule has 2 N–H and O–H groups in total. The minimum atomic E-state index is -0.0149. The van der Waals surface area contributed by atoms with E-state index in [0.717, 1.165) is 18.8 Å². The molecule has 1 saturated heterocycles. The smallest absolute Gasteiger partial charge is 0.221 e. The van der Waals surface area contributed by atoms with Crippen LogP contribution in [0.4, 0.5) is 5.69 Å². The fourth-order valence-corrected chi connectivity index (χ4v) is 2.21. The van der Waals surface area contributed by atoms with Crippen molar-refractivity contribution in [2.24, 2.45) is 0 Å². The van der Waals surface area contributed by atoms with Gasteiger partial charge in [-0.25, -0.2) is 0 Å². The Labute approximate surface area is 108 Å². The standard InChI is InChI=1S/C13H18N2O.ClH/c1-10(16)15-13-6-2-4-11(8-13)12-5-3-7-14-9-12;/h2,4,6,8,12,14H,3,5,7,9H2,1H3,(H,15,16);1H/t12-;/m0./s1. The van der Waals surface area contributed by atoms with Gasteiger partial charge in [0.15, 0.2) is 0 Å². The SMILES string of the molecule is CC(=O)Nc1cccc([C@H]2CCCNC2)c1.Cl. The maximum Gasteiger partial charge on any atom is 0.221 e. The first-order chi connectivity index (χ1) is 7.75. The number of hydrogen-bond acceptors (Lipinski definition) is 2. The van der Waals surface area contributed by atoms with Crippen LogP contribution in [0.3, 0.4) is 0 Å². The molecule has 0 aliphatic carbocycles. The van der Waals surface area contributed by atoms with E-state index in [9.17, 15) is 4.79 Å². The molecule has 4 heteroatoms. The van der Waals surface area contributed by atoms with Gasteiger partial charge in [0, 0.05) is 19.2 Å². The van der Waals surface area contributed by atoms with Gasteiger partial charge in [0.05, 0.1) is 0 Å². The molecule has 0 unspecified atom stereocenters. The van der Waals surface area contributed by atoms with Crippen LogP contribution in [-0.2, 0) is 4.79 Å². The van der Waals surface area contributed by atoms with Crippen LogP contribution in [0.15, 0.2) is 24.3 Å². The van der Waals surface area contributed by atoms with Crippen molar-refractivity contribution in [2.75, 3.05) is 18.4 Å². The van der Waals surface area contributed by atoms with Gasteiger partial charge in [-0.3, -0.25) is 4.79 Å². The van der Waals surface area contributed by atoms with Crippen LogP contribution in [0, 0.1) is 0 Å². The Morgan fingerprint density at radius 2 is 2.29 bits per heavy atom. The number of anilines is 1. The van der Waals surface area contributed by atoms with Gasteiger partial charge in [0.1, 0.15) is 0 Å². The van der Waals surface area contributed by atoms with Crippen LogP contribution in [0.2, 0.25) is 0 Å². The van der Waals surface area contributed by atoms with Gasteiger partial charge in [-0.1, -0.05) is 12.1 Å². The Morgan fingerprint density at radius 3 is 2.94 bits per heavy atom. The quantitative estimate of drug-likeness (QED) is 0.852. The van der Waals surface area contributed by atoms with Crippen LogP contribution < -0.4 is 10.6 Å². The van der Waals surface area contributed by atoms with Crippen LogP contribution in [0.5, 0.6) is 0 Å². The number of rotatable bonds is 2. The maximum atomic E-state index is 11.0. The molecule has 94 valence electrons. The van der Waals surface area contributed by atoms with Crippen molar-refractivity contribution in [3.63, 3.8) is 0 Å². The zero-order chi connectivity index (χ0) is 11.4. The first-order valence-corrected chi connectivity index (χ1v) is 5.84. The highest BCUT2D eigenvalue weighted by Gasteiger charge is 2.15. The molecule has 3 nitrogen and oxygen atoms in total. The monoisotopic (exact) mass is 254 g/mol. The first-order valence-electron chi connectivity index (χ1n) is 5.84. The molecule has 17 heavy (non-hydrogen) atoms. The Morgan fingerprint density at radius 1 is 1.47 bits per heavy atom. The average Bonchev–Trinajstić information content (AvgIpc) is 2.30. The summed E-state index contributed by atoms with van der Waals surface area (Å²) in [6, 6.07) is 8.17. The Bertz CT molecular complexity index is 375. The predicted octanol–water partition coefficient (Wildman–Crippen LogP) is 2.53. The van der Waals surface area contributed by atoms with Crippen LogP contribution in [0.1, 0.15) is 31.2 Å². The highest BCUT2D eigenvalue weighted by Crippen LogP contribution is 2.25. The largest absolute Gasteiger partial charge is 0.326 e. The summed E-state index contributed by atoms with van der Waals surface area (Å²) < 4.78 is 0. The lowest BCUT2D eigenvalue weighted by molar-refractivity contribution is -0.114. The van der Waals surface area contributed by atoms with Gasteiger partial charge in [0.25, 0.3) is 0 Å². The van der Waals surface area contributed by atoms with Gasteiger partial charge < -0.3 is 10.6 Å². The highest BCUT2D eigenvalue weighted by molar-refractivity contribution is 5.88. The number of halogens is 1. The number of carbonyl (C=O) groups is 1. The van der Waals surface area contributed by atoms with Crippen molar-refractivity contribution in [2.45, 2.75) is 25.7 Å². The van der Waals surface area contributed by atoms with Gasteiger partial charge in [-0.2, -0.15) is 0 Å².